The van der Waals surface area contributed by atoms with Crippen molar-refractivity contribution >= 4 is 28.7 Å². The van der Waals surface area contributed by atoms with Crippen molar-refractivity contribution in [3.8, 4) is 5.75 Å². The second-order valence-electron chi connectivity index (χ2n) is 7.00. The van der Waals surface area contributed by atoms with Crippen LogP contribution in [0.25, 0.3) is 10.9 Å². The Morgan fingerprint density at radius 3 is 2.59 bits per heavy atom. The van der Waals surface area contributed by atoms with Crippen LogP contribution in [0.4, 0.5) is 4.79 Å². The number of amides is 4. The second-order valence-corrected chi connectivity index (χ2v) is 7.00. The molecule has 4 rings (SSSR count). The van der Waals surface area contributed by atoms with Crippen LogP contribution in [0.5, 0.6) is 5.75 Å². The third kappa shape index (κ3) is 3.18. The van der Waals surface area contributed by atoms with Crippen LogP contribution in [0, 0.1) is 0 Å². The SMILES string of the molecule is COc1ccc([C@]2(C)NC(=O)N(NC(=O)Cc3c[nH]c4ccccc34)C2=O)cc1. The molecule has 1 aliphatic heterocycles. The van der Waals surface area contributed by atoms with Gasteiger partial charge >= 0.3 is 6.03 Å². The Morgan fingerprint density at radius 1 is 1.14 bits per heavy atom. The van der Waals surface area contributed by atoms with E-state index in [0.29, 0.717) is 11.3 Å². The Balaban J connectivity index is 1.50. The molecule has 2 heterocycles. The van der Waals surface area contributed by atoms with Gasteiger partial charge in [-0.05, 0) is 36.2 Å². The fourth-order valence-electron chi connectivity index (χ4n) is 3.48. The van der Waals surface area contributed by atoms with E-state index in [1.54, 1.807) is 44.5 Å². The first-order valence-corrected chi connectivity index (χ1v) is 9.08. The van der Waals surface area contributed by atoms with E-state index in [1.165, 1.54) is 0 Å². The van der Waals surface area contributed by atoms with E-state index in [1.807, 2.05) is 24.3 Å². The minimum absolute atomic E-state index is 0.0281. The fraction of sp³-hybridized carbons (Fsp3) is 0.190. The number of H-pyrrole nitrogens is 1. The summed E-state index contributed by atoms with van der Waals surface area (Å²) in [6.45, 7) is 1.60. The molecule has 0 unspecified atom stereocenters. The second kappa shape index (κ2) is 6.97. The molecule has 0 radical (unpaired) electrons. The number of aromatic amines is 1. The lowest BCUT2D eigenvalue weighted by atomic mass is 9.92. The fourth-order valence-corrected chi connectivity index (χ4v) is 3.48. The lowest BCUT2D eigenvalue weighted by Crippen LogP contribution is -2.48. The number of methoxy groups -OCH3 is 1. The molecule has 3 N–H and O–H groups in total. The summed E-state index contributed by atoms with van der Waals surface area (Å²) < 4.78 is 5.12. The number of imide groups is 1. The first-order valence-electron chi connectivity index (χ1n) is 9.08. The predicted molar refractivity (Wildman–Crippen MR) is 106 cm³/mol. The number of carbonyl (C=O) groups excluding carboxylic acids is 3. The molecule has 1 aliphatic rings. The maximum Gasteiger partial charge on any atom is 0.344 e. The summed E-state index contributed by atoms with van der Waals surface area (Å²) in [5.74, 6) is -0.379. The molecule has 1 fully saturated rings. The summed E-state index contributed by atoms with van der Waals surface area (Å²) >= 11 is 0. The standard InChI is InChI=1S/C21H20N4O4/c1-21(14-7-9-15(29-2)10-8-14)19(27)25(20(28)23-21)24-18(26)11-13-12-22-17-6-4-3-5-16(13)17/h3-10,12,22H,11H2,1-2H3,(H,23,28)(H,24,26)/t21-/m0/s1. The third-order valence-electron chi connectivity index (χ3n) is 5.12. The molecule has 1 atom stereocenters. The summed E-state index contributed by atoms with van der Waals surface area (Å²) in [5, 5.41) is 4.31. The molecule has 1 saturated heterocycles. The monoisotopic (exact) mass is 392 g/mol. The molecule has 1 aromatic heterocycles. The number of rotatable bonds is 5. The van der Waals surface area contributed by atoms with E-state index in [-0.39, 0.29) is 6.42 Å². The van der Waals surface area contributed by atoms with Crippen LogP contribution in [-0.2, 0) is 21.5 Å². The number of urea groups is 1. The molecule has 8 nitrogen and oxygen atoms in total. The average Bonchev–Trinajstić information content (AvgIpc) is 3.23. The van der Waals surface area contributed by atoms with E-state index in [0.717, 1.165) is 21.5 Å². The number of hydrazine groups is 1. The largest absolute Gasteiger partial charge is 0.497 e. The number of para-hydroxylation sites is 1. The van der Waals surface area contributed by atoms with Gasteiger partial charge in [0.05, 0.1) is 13.5 Å². The first-order chi connectivity index (χ1) is 13.9. The van der Waals surface area contributed by atoms with E-state index in [9.17, 15) is 14.4 Å². The maximum atomic E-state index is 12.9. The quantitative estimate of drug-likeness (QED) is 0.579. The summed E-state index contributed by atoms with van der Waals surface area (Å²) in [6.07, 6.45) is 1.78. The number of nitrogens with zero attached hydrogens (tertiary/aromatic N) is 1. The number of ether oxygens (including phenoxy) is 1. The zero-order chi connectivity index (χ0) is 20.6. The lowest BCUT2D eigenvalue weighted by Gasteiger charge is -2.22. The van der Waals surface area contributed by atoms with Crippen LogP contribution in [0.1, 0.15) is 18.1 Å². The van der Waals surface area contributed by atoms with Gasteiger partial charge in [0.25, 0.3) is 5.91 Å². The Labute approximate surface area is 166 Å². The summed E-state index contributed by atoms with van der Waals surface area (Å²) in [7, 11) is 1.55. The molecule has 2 aromatic carbocycles. The van der Waals surface area contributed by atoms with E-state index in [4.69, 9.17) is 4.74 Å². The van der Waals surface area contributed by atoms with Gasteiger partial charge in [0, 0.05) is 17.1 Å². The number of hydrogen-bond donors (Lipinski definition) is 3. The minimum Gasteiger partial charge on any atom is -0.497 e. The van der Waals surface area contributed by atoms with Gasteiger partial charge in [-0.15, -0.1) is 0 Å². The third-order valence-corrected chi connectivity index (χ3v) is 5.12. The average molecular weight is 392 g/mol. The first kappa shape index (κ1) is 18.5. The van der Waals surface area contributed by atoms with Crippen molar-refractivity contribution in [1.82, 2.24) is 20.7 Å². The molecule has 0 bridgehead atoms. The van der Waals surface area contributed by atoms with Crippen LogP contribution in [0.3, 0.4) is 0 Å². The topological polar surface area (TPSA) is 104 Å². The highest BCUT2D eigenvalue weighted by Gasteiger charge is 2.50. The molecule has 0 aliphatic carbocycles. The van der Waals surface area contributed by atoms with Gasteiger partial charge < -0.3 is 15.0 Å². The molecular formula is C21H20N4O4. The number of aromatic nitrogens is 1. The van der Waals surface area contributed by atoms with Crippen LogP contribution in [0.2, 0.25) is 0 Å². The molecule has 29 heavy (non-hydrogen) atoms. The molecule has 8 heteroatoms. The van der Waals surface area contributed by atoms with Crippen LogP contribution >= 0.6 is 0 Å². The van der Waals surface area contributed by atoms with Gasteiger partial charge in [0.15, 0.2) is 0 Å². The summed E-state index contributed by atoms with van der Waals surface area (Å²) in [5.41, 5.74) is 3.43. The van der Waals surface area contributed by atoms with E-state index >= 15 is 0 Å². The predicted octanol–water partition coefficient (Wildman–Crippen LogP) is 2.22. The van der Waals surface area contributed by atoms with E-state index < -0.39 is 23.4 Å². The molecular weight excluding hydrogens is 372 g/mol. The van der Waals surface area contributed by atoms with Gasteiger partial charge in [-0.1, -0.05) is 30.3 Å². The number of nitrogens with one attached hydrogen (secondary N) is 3. The van der Waals surface area contributed by atoms with Gasteiger partial charge in [0.2, 0.25) is 5.91 Å². The van der Waals surface area contributed by atoms with Crippen molar-refractivity contribution in [1.29, 1.82) is 0 Å². The van der Waals surface area contributed by atoms with Gasteiger partial charge in [-0.3, -0.25) is 15.0 Å². The van der Waals surface area contributed by atoms with Crippen LogP contribution < -0.4 is 15.5 Å². The normalized spacial score (nSPS) is 18.8. The Hall–Kier alpha value is -3.81. The van der Waals surface area contributed by atoms with Crippen molar-refractivity contribution in [3.63, 3.8) is 0 Å². The summed E-state index contributed by atoms with van der Waals surface area (Å²) in [6, 6.07) is 13.7. The van der Waals surface area contributed by atoms with E-state index in [2.05, 4.69) is 15.7 Å². The Kier molecular flexibility index (Phi) is 4.46. The number of fused-ring (bicyclic) bond motifs is 1. The van der Waals surface area contributed by atoms with Gasteiger partial charge in [-0.2, -0.15) is 5.01 Å². The molecule has 3 aromatic rings. The van der Waals surface area contributed by atoms with Crippen molar-refractivity contribution in [2.45, 2.75) is 18.9 Å². The van der Waals surface area contributed by atoms with Crippen molar-refractivity contribution in [2.75, 3.05) is 7.11 Å². The zero-order valence-corrected chi connectivity index (χ0v) is 16.0. The Bertz CT molecular complexity index is 1110. The Morgan fingerprint density at radius 2 is 1.86 bits per heavy atom. The lowest BCUT2D eigenvalue weighted by molar-refractivity contribution is -0.138. The van der Waals surface area contributed by atoms with Crippen molar-refractivity contribution < 1.29 is 19.1 Å². The highest BCUT2D eigenvalue weighted by molar-refractivity contribution is 6.08. The smallest absolute Gasteiger partial charge is 0.344 e. The van der Waals surface area contributed by atoms with Gasteiger partial charge in [0.1, 0.15) is 11.3 Å². The minimum atomic E-state index is -1.28. The molecule has 4 amide bonds. The van der Waals surface area contributed by atoms with Crippen LogP contribution in [-0.4, -0.2) is 34.9 Å². The molecule has 148 valence electrons. The highest BCUT2D eigenvalue weighted by Crippen LogP contribution is 2.29. The maximum absolute atomic E-state index is 12.9. The van der Waals surface area contributed by atoms with Crippen molar-refractivity contribution in [3.05, 3.63) is 65.9 Å². The molecule has 0 spiro atoms. The number of benzene rings is 2. The van der Waals surface area contributed by atoms with Crippen LogP contribution in [0.15, 0.2) is 54.7 Å². The van der Waals surface area contributed by atoms with Gasteiger partial charge in [-0.25, -0.2) is 4.79 Å². The number of carbonyl (C=O) groups is 3. The highest BCUT2D eigenvalue weighted by atomic mass is 16.5. The number of hydrogen-bond acceptors (Lipinski definition) is 4. The van der Waals surface area contributed by atoms with Crippen molar-refractivity contribution in [2.24, 2.45) is 0 Å². The molecule has 0 saturated carbocycles. The zero-order valence-electron chi connectivity index (χ0n) is 16.0. The summed E-state index contributed by atoms with van der Waals surface area (Å²) in [4.78, 5) is 40.9.